The van der Waals surface area contributed by atoms with Crippen molar-refractivity contribution in [3.63, 3.8) is 0 Å². The van der Waals surface area contributed by atoms with Gasteiger partial charge < -0.3 is 4.90 Å². The highest BCUT2D eigenvalue weighted by Gasteiger charge is 2.35. The van der Waals surface area contributed by atoms with Gasteiger partial charge in [0.25, 0.3) is 0 Å². The average molecular weight is 348 g/mol. The maximum atomic E-state index is 13.0. The molecule has 1 heterocycles. The molecule has 1 aliphatic heterocycles. The summed E-state index contributed by atoms with van der Waals surface area (Å²) >= 11 is 0. The number of aryl methyl sites for hydroxylation is 1. The van der Waals surface area contributed by atoms with E-state index in [1.54, 1.807) is 12.1 Å². The summed E-state index contributed by atoms with van der Waals surface area (Å²) in [6.07, 6.45) is 0.362. The average Bonchev–Trinajstić information content (AvgIpc) is 2.89. The van der Waals surface area contributed by atoms with Crippen LogP contribution in [0.5, 0.6) is 0 Å². The lowest BCUT2D eigenvalue weighted by molar-refractivity contribution is -0.118. The predicted octanol–water partition coefficient (Wildman–Crippen LogP) is 2.22. The van der Waals surface area contributed by atoms with Crippen molar-refractivity contribution >= 4 is 21.6 Å². The number of amides is 1. The van der Waals surface area contributed by atoms with E-state index >= 15 is 0 Å². The molecule has 1 saturated heterocycles. The number of rotatable bonds is 4. The minimum Gasteiger partial charge on any atom is -0.311 e. The molecule has 24 heavy (non-hydrogen) atoms. The molecule has 0 bridgehead atoms. The van der Waals surface area contributed by atoms with Gasteiger partial charge in [0.15, 0.2) is 0 Å². The van der Waals surface area contributed by atoms with Gasteiger partial charge in [0, 0.05) is 12.2 Å². The van der Waals surface area contributed by atoms with Crippen LogP contribution in [-0.2, 0) is 14.8 Å². The van der Waals surface area contributed by atoms with Crippen molar-refractivity contribution in [1.29, 1.82) is 0 Å². The second-order valence-electron chi connectivity index (χ2n) is 5.74. The smallest absolute Gasteiger partial charge is 0.245 e. The molecule has 1 unspecified atom stereocenters. The fraction of sp³-hybridized carbons (Fsp3) is 0.235. The first-order chi connectivity index (χ1) is 11.4. The van der Waals surface area contributed by atoms with E-state index in [0.717, 1.165) is 5.56 Å². The van der Waals surface area contributed by atoms with Crippen LogP contribution < -0.4 is 9.62 Å². The summed E-state index contributed by atoms with van der Waals surface area (Å²) in [4.78, 5) is 14.0. The van der Waals surface area contributed by atoms with Crippen LogP contribution in [0.3, 0.4) is 0 Å². The molecule has 2 aromatic rings. The minimum absolute atomic E-state index is 0.126. The van der Waals surface area contributed by atoms with E-state index < -0.39 is 16.1 Å². The number of benzene rings is 2. The zero-order valence-electron chi connectivity index (χ0n) is 13.1. The summed E-state index contributed by atoms with van der Waals surface area (Å²) in [5.41, 5.74) is 1.51. The van der Waals surface area contributed by atoms with Crippen molar-refractivity contribution in [2.24, 2.45) is 0 Å². The quantitative estimate of drug-likeness (QED) is 0.921. The van der Waals surface area contributed by atoms with Crippen molar-refractivity contribution in [2.75, 3.05) is 11.4 Å². The van der Waals surface area contributed by atoms with Crippen LogP contribution in [0.2, 0.25) is 0 Å². The van der Waals surface area contributed by atoms with Gasteiger partial charge in [0.05, 0.1) is 4.90 Å². The van der Waals surface area contributed by atoms with E-state index in [-0.39, 0.29) is 16.6 Å². The highest BCUT2D eigenvalue weighted by atomic mass is 32.2. The lowest BCUT2D eigenvalue weighted by atomic mass is 10.2. The standard InChI is InChI=1S/C17H17FN2O3S/c1-12-2-8-15(9-3-12)24(22,23)19-16-10-11-20(17(16)21)14-6-4-13(18)5-7-14/h2-9,16,19H,10-11H2,1H3. The molecule has 0 aliphatic carbocycles. The Hall–Kier alpha value is -2.25. The molecular weight excluding hydrogens is 331 g/mol. The summed E-state index contributed by atoms with van der Waals surface area (Å²) in [5.74, 6) is -0.723. The minimum atomic E-state index is -3.76. The molecule has 7 heteroatoms. The van der Waals surface area contributed by atoms with Crippen LogP contribution >= 0.6 is 0 Å². The Labute approximate surface area is 140 Å². The largest absolute Gasteiger partial charge is 0.311 e. The van der Waals surface area contributed by atoms with Crippen molar-refractivity contribution in [3.05, 3.63) is 59.9 Å². The van der Waals surface area contributed by atoms with E-state index in [1.165, 1.54) is 41.3 Å². The van der Waals surface area contributed by atoms with Crippen LogP contribution in [-0.4, -0.2) is 26.9 Å². The number of sulfonamides is 1. The maximum Gasteiger partial charge on any atom is 0.245 e. The van der Waals surface area contributed by atoms with Gasteiger partial charge in [-0.3, -0.25) is 4.79 Å². The number of nitrogens with zero attached hydrogens (tertiary/aromatic N) is 1. The van der Waals surface area contributed by atoms with Gasteiger partial charge in [-0.05, 0) is 49.7 Å². The highest BCUT2D eigenvalue weighted by molar-refractivity contribution is 7.89. The van der Waals surface area contributed by atoms with Gasteiger partial charge >= 0.3 is 0 Å². The third-order valence-corrected chi connectivity index (χ3v) is 5.46. The maximum absolute atomic E-state index is 13.0. The van der Waals surface area contributed by atoms with Gasteiger partial charge in [-0.25, -0.2) is 12.8 Å². The third kappa shape index (κ3) is 3.32. The fourth-order valence-electron chi connectivity index (χ4n) is 2.64. The third-order valence-electron chi connectivity index (χ3n) is 3.97. The van der Waals surface area contributed by atoms with Crippen LogP contribution in [0.15, 0.2) is 53.4 Å². The molecule has 0 spiro atoms. The molecule has 5 nitrogen and oxygen atoms in total. The second-order valence-corrected chi connectivity index (χ2v) is 7.46. The lowest BCUT2D eigenvalue weighted by Crippen LogP contribution is -2.41. The molecule has 1 N–H and O–H groups in total. The van der Waals surface area contributed by atoms with E-state index in [9.17, 15) is 17.6 Å². The van der Waals surface area contributed by atoms with Crippen molar-refractivity contribution in [1.82, 2.24) is 4.72 Å². The zero-order chi connectivity index (χ0) is 17.3. The van der Waals surface area contributed by atoms with E-state index in [2.05, 4.69) is 4.72 Å². The molecule has 0 radical (unpaired) electrons. The van der Waals surface area contributed by atoms with Crippen molar-refractivity contribution in [3.8, 4) is 0 Å². The number of halogens is 1. The van der Waals surface area contributed by atoms with Crippen molar-refractivity contribution in [2.45, 2.75) is 24.3 Å². The molecule has 126 valence electrons. The number of anilines is 1. The Bertz CT molecular complexity index is 848. The molecule has 1 fully saturated rings. The molecule has 3 rings (SSSR count). The summed E-state index contributed by atoms with van der Waals surface area (Å²) in [7, 11) is -3.76. The molecule has 1 aliphatic rings. The molecule has 0 saturated carbocycles. The molecular formula is C17H17FN2O3S. The summed E-state index contributed by atoms with van der Waals surface area (Å²) < 4.78 is 40.3. The van der Waals surface area contributed by atoms with Gasteiger partial charge in [0.2, 0.25) is 15.9 Å². The number of carbonyl (C=O) groups excluding carboxylic acids is 1. The van der Waals surface area contributed by atoms with Crippen molar-refractivity contribution < 1.29 is 17.6 Å². The Morgan fingerprint density at radius 2 is 1.71 bits per heavy atom. The van der Waals surface area contributed by atoms with Crippen LogP contribution in [0.25, 0.3) is 0 Å². The van der Waals surface area contributed by atoms with Gasteiger partial charge in [-0.15, -0.1) is 0 Å². The van der Waals surface area contributed by atoms with Crippen LogP contribution in [0.1, 0.15) is 12.0 Å². The van der Waals surface area contributed by atoms with E-state index in [4.69, 9.17) is 0 Å². The lowest BCUT2D eigenvalue weighted by Gasteiger charge is -2.17. The Morgan fingerprint density at radius 3 is 2.33 bits per heavy atom. The second kappa shape index (κ2) is 6.33. The summed E-state index contributed by atoms with van der Waals surface area (Å²) in [5, 5.41) is 0. The first-order valence-electron chi connectivity index (χ1n) is 7.53. The summed E-state index contributed by atoms with van der Waals surface area (Å²) in [6.45, 7) is 2.25. The zero-order valence-corrected chi connectivity index (χ0v) is 13.9. The normalized spacial score (nSPS) is 18.2. The van der Waals surface area contributed by atoms with Gasteiger partial charge in [-0.2, -0.15) is 4.72 Å². The molecule has 0 aromatic heterocycles. The summed E-state index contributed by atoms with van der Waals surface area (Å²) in [6, 6.07) is 11.2. The first kappa shape index (κ1) is 16.6. The predicted molar refractivity (Wildman–Crippen MR) is 88.7 cm³/mol. The number of carbonyl (C=O) groups is 1. The number of hydrogen-bond donors (Lipinski definition) is 1. The molecule has 1 amide bonds. The van der Waals surface area contributed by atoms with E-state index in [0.29, 0.717) is 18.7 Å². The first-order valence-corrected chi connectivity index (χ1v) is 9.01. The Balaban J connectivity index is 1.76. The number of hydrogen-bond acceptors (Lipinski definition) is 3. The molecule has 1 atom stereocenters. The monoisotopic (exact) mass is 348 g/mol. The van der Waals surface area contributed by atoms with Gasteiger partial charge in [-0.1, -0.05) is 17.7 Å². The van der Waals surface area contributed by atoms with Crippen LogP contribution in [0.4, 0.5) is 10.1 Å². The number of nitrogens with one attached hydrogen (secondary N) is 1. The molecule has 2 aromatic carbocycles. The van der Waals surface area contributed by atoms with Gasteiger partial charge in [0.1, 0.15) is 11.9 Å². The highest BCUT2D eigenvalue weighted by Crippen LogP contribution is 2.23. The van der Waals surface area contributed by atoms with Crippen LogP contribution in [0, 0.1) is 12.7 Å². The van der Waals surface area contributed by atoms with E-state index in [1.807, 2.05) is 6.92 Å². The topological polar surface area (TPSA) is 66.5 Å². The fourth-order valence-corrected chi connectivity index (χ4v) is 3.86. The Morgan fingerprint density at radius 1 is 1.08 bits per heavy atom. The Kier molecular flexibility index (Phi) is 4.38. The SMILES string of the molecule is Cc1ccc(S(=O)(=O)NC2CCN(c3ccc(F)cc3)C2=O)cc1.